The molecule has 3 aliphatic heterocycles. The molecule has 0 saturated carbocycles. The first-order valence-corrected chi connectivity index (χ1v) is 14.4. The lowest BCUT2D eigenvalue weighted by Crippen LogP contribution is -2.34. The smallest absolute Gasteiger partial charge is 0.251 e. The van der Waals surface area contributed by atoms with E-state index in [4.69, 9.17) is 0 Å². The van der Waals surface area contributed by atoms with E-state index in [1.165, 1.54) is 11.1 Å². The zero-order valence-electron chi connectivity index (χ0n) is 20.4. The van der Waals surface area contributed by atoms with Gasteiger partial charge in [-0.05, 0) is 67.9 Å². The van der Waals surface area contributed by atoms with Crippen molar-refractivity contribution in [3.63, 3.8) is 0 Å². The predicted octanol–water partition coefficient (Wildman–Crippen LogP) is 3.25. The molecule has 2 fully saturated rings. The maximum Gasteiger partial charge on any atom is 0.251 e. The van der Waals surface area contributed by atoms with Gasteiger partial charge in [0.05, 0.1) is 5.69 Å². The molecule has 2 aromatic rings. The van der Waals surface area contributed by atoms with Gasteiger partial charge in [0.15, 0.2) is 0 Å². The molecule has 7 nitrogen and oxygen atoms in total. The molecule has 188 valence electrons. The van der Waals surface area contributed by atoms with E-state index in [0.717, 1.165) is 76.9 Å². The van der Waals surface area contributed by atoms with Crippen LogP contribution in [0.5, 0.6) is 0 Å². The van der Waals surface area contributed by atoms with Crippen LogP contribution in [0.1, 0.15) is 53.6 Å². The highest BCUT2D eigenvalue weighted by Crippen LogP contribution is 2.32. The molecular formula is C27H36N4O3S. The number of hydrogen-bond donors (Lipinski definition) is 1. The fourth-order valence-corrected chi connectivity index (χ4v) is 7.25. The molecule has 1 N–H and O–H groups in total. The number of carbonyl (C=O) groups is 1. The summed E-state index contributed by atoms with van der Waals surface area (Å²) in [6.45, 7) is 6.32. The Bertz CT molecular complexity index is 1150. The summed E-state index contributed by atoms with van der Waals surface area (Å²) < 4.78 is 28.5. The minimum atomic E-state index is -3.62. The van der Waals surface area contributed by atoms with Crippen LogP contribution in [-0.2, 0) is 23.0 Å². The van der Waals surface area contributed by atoms with Crippen LogP contribution in [0.15, 0.2) is 47.4 Å². The van der Waals surface area contributed by atoms with Crippen molar-refractivity contribution in [1.82, 2.24) is 14.5 Å². The van der Waals surface area contributed by atoms with Crippen LogP contribution in [0.3, 0.4) is 0 Å². The molecule has 3 heterocycles. The molecule has 0 bridgehead atoms. The number of anilines is 1. The van der Waals surface area contributed by atoms with Crippen molar-refractivity contribution in [1.29, 1.82) is 0 Å². The molecule has 1 amide bonds. The highest BCUT2D eigenvalue weighted by molar-refractivity contribution is 7.89. The van der Waals surface area contributed by atoms with Gasteiger partial charge in [0, 0.05) is 57.9 Å². The lowest BCUT2D eigenvalue weighted by molar-refractivity contribution is 0.0951. The number of sulfonamides is 1. The average Bonchev–Trinajstić information content (AvgIpc) is 3.61. The number of fused-ring (bicyclic) bond motifs is 1. The van der Waals surface area contributed by atoms with Gasteiger partial charge >= 0.3 is 0 Å². The van der Waals surface area contributed by atoms with Gasteiger partial charge in [-0.1, -0.05) is 24.3 Å². The van der Waals surface area contributed by atoms with E-state index >= 15 is 0 Å². The first kappa shape index (κ1) is 24.3. The molecule has 0 radical (unpaired) electrons. The van der Waals surface area contributed by atoms with Gasteiger partial charge in [-0.25, -0.2) is 8.42 Å². The Labute approximate surface area is 209 Å². The van der Waals surface area contributed by atoms with E-state index in [1.54, 1.807) is 16.4 Å². The standard InChI is InChI=1S/C27H36N4O3S/c32-27(28-13-7-14-29-19-12-22-8-1-2-9-24(22)21-29)23-10-11-25(30-15-3-4-16-30)26(20-23)35(33,34)31-17-5-6-18-31/h1-2,8-11,20H,3-7,12-19,21H2,(H,28,32). The minimum absolute atomic E-state index is 0.208. The maximum absolute atomic E-state index is 13.5. The van der Waals surface area contributed by atoms with Crippen molar-refractivity contribution in [2.24, 2.45) is 0 Å². The first-order valence-electron chi connectivity index (χ1n) is 13.0. The summed E-state index contributed by atoms with van der Waals surface area (Å²) in [7, 11) is -3.62. The molecule has 0 aromatic heterocycles. The Kier molecular flexibility index (Phi) is 7.41. The zero-order chi connectivity index (χ0) is 24.3. The summed E-state index contributed by atoms with van der Waals surface area (Å²) in [6, 6.07) is 13.8. The van der Waals surface area contributed by atoms with Crippen molar-refractivity contribution in [3.05, 3.63) is 59.2 Å². The molecule has 0 unspecified atom stereocenters. The van der Waals surface area contributed by atoms with Crippen molar-refractivity contribution in [3.8, 4) is 0 Å². The largest absolute Gasteiger partial charge is 0.370 e. The number of benzene rings is 2. The molecule has 8 heteroatoms. The maximum atomic E-state index is 13.5. The number of nitrogens with one attached hydrogen (secondary N) is 1. The third-order valence-corrected chi connectivity index (χ3v) is 9.43. The SMILES string of the molecule is O=C(NCCCN1CCc2ccccc2C1)c1ccc(N2CCCC2)c(S(=O)(=O)N2CCCC2)c1. The van der Waals surface area contributed by atoms with Gasteiger partial charge < -0.3 is 10.2 Å². The molecule has 5 rings (SSSR count). The van der Waals surface area contributed by atoms with E-state index in [-0.39, 0.29) is 10.8 Å². The van der Waals surface area contributed by atoms with Crippen LogP contribution in [-0.4, -0.2) is 69.3 Å². The van der Waals surface area contributed by atoms with Crippen LogP contribution < -0.4 is 10.2 Å². The molecule has 0 atom stereocenters. The Hall–Kier alpha value is -2.42. The van der Waals surface area contributed by atoms with Crippen molar-refractivity contribution in [2.45, 2.75) is 50.0 Å². The Morgan fingerprint density at radius 2 is 1.60 bits per heavy atom. The Morgan fingerprint density at radius 1 is 0.886 bits per heavy atom. The van der Waals surface area contributed by atoms with Crippen LogP contribution >= 0.6 is 0 Å². The molecule has 0 aliphatic carbocycles. The lowest BCUT2D eigenvalue weighted by Gasteiger charge is -2.28. The summed E-state index contributed by atoms with van der Waals surface area (Å²) >= 11 is 0. The Balaban J connectivity index is 1.22. The molecule has 35 heavy (non-hydrogen) atoms. The van der Waals surface area contributed by atoms with Crippen LogP contribution in [0, 0.1) is 0 Å². The van der Waals surface area contributed by atoms with Crippen molar-refractivity contribution in [2.75, 3.05) is 50.7 Å². The predicted molar refractivity (Wildman–Crippen MR) is 138 cm³/mol. The van der Waals surface area contributed by atoms with Gasteiger partial charge in [0.1, 0.15) is 4.90 Å². The van der Waals surface area contributed by atoms with E-state index in [1.807, 2.05) is 6.07 Å². The summed E-state index contributed by atoms with van der Waals surface area (Å²) in [5, 5.41) is 3.01. The van der Waals surface area contributed by atoms with Gasteiger partial charge in [-0.3, -0.25) is 9.69 Å². The summed E-state index contributed by atoms with van der Waals surface area (Å²) in [5.41, 5.74) is 3.98. The first-order chi connectivity index (χ1) is 17.0. The molecule has 2 saturated heterocycles. The fourth-order valence-electron chi connectivity index (χ4n) is 5.50. The second kappa shape index (κ2) is 10.7. The van der Waals surface area contributed by atoms with Gasteiger partial charge in [0.2, 0.25) is 10.0 Å². The quantitative estimate of drug-likeness (QED) is 0.568. The molecule has 2 aromatic carbocycles. The van der Waals surface area contributed by atoms with Gasteiger partial charge in [0.25, 0.3) is 5.91 Å². The van der Waals surface area contributed by atoms with E-state index in [9.17, 15) is 13.2 Å². The van der Waals surface area contributed by atoms with Crippen LogP contribution in [0.2, 0.25) is 0 Å². The third-order valence-electron chi connectivity index (χ3n) is 7.50. The minimum Gasteiger partial charge on any atom is -0.370 e. The summed E-state index contributed by atoms with van der Waals surface area (Å²) in [6.07, 6.45) is 5.84. The van der Waals surface area contributed by atoms with E-state index < -0.39 is 10.0 Å². The summed E-state index contributed by atoms with van der Waals surface area (Å²) in [5.74, 6) is -0.208. The second-order valence-corrected chi connectivity index (χ2v) is 11.8. The highest BCUT2D eigenvalue weighted by Gasteiger charge is 2.32. The number of amides is 1. The second-order valence-electron chi connectivity index (χ2n) is 9.89. The van der Waals surface area contributed by atoms with Gasteiger partial charge in [-0.2, -0.15) is 4.31 Å². The Morgan fingerprint density at radius 3 is 2.37 bits per heavy atom. The normalized spacial score (nSPS) is 19.1. The monoisotopic (exact) mass is 496 g/mol. The highest BCUT2D eigenvalue weighted by atomic mass is 32.2. The molecule has 0 spiro atoms. The van der Waals surface area contributed by atoms with E-state index in [2.05, 4.69) is 39.4 Å². The third kappa shape index (κ3) is 5.39. The average molecular weight is 497 g/mol. The number of nitrogens with zero attached hydrogens (tertiary/aromatic N) is 3. The van der Waals surface area contributed by atoms with E-state index in [0.29, 0.717) is 25.2 Å². The van der Waals surface area contributed by atoms with Crippen molar-refractivity contribution >= 4 is 21.6 Å². The molecule has 3 aliphatic rings. The van der Waals surface area contributed by atoms with Crippen LogP contribution in [0.4, 0.5) is 5.69 Å². The lowest BCUT2D eigenvalue weighted by atomic mass is 10.00. The number of hydrogen-bond acceptors (Lipinski definition) is 5. The van der Waals surface area contributed by atoms with Crippen molar-refractivity contribution < 1.29 is 13.2 Å². The number of rotatable bonds is 8. The topological polar surface area (TPSA) is 73.0 Å². The summed E-state index contributed by atoms with van der Waals surface area (Å²) in [4.78, 5) is 17.8. The number of carbonyl (C=O) groups excluding carboxylic acids is 1. The fraction of sp³-hybridized carbons (Fsp3) is 0.519. The zero-order valence-corrected chi connectivity index (χ0v) is 21.2. The molecular weight excluding hydrogens is 460 g/mol. The van der Waals surface area contributed by atoms with Gasteiger partial charge in [-0.15, -0.1) is 0 Å². The van der Waals surface area contributed by atoms with Crippen LogP contribution in [0.25, 0.3) is 0 Å².